The molecular formula is C10H10BrN3O2. The number of carboxylic acids is 1. The molecule has 0 amide bonds. The van der Waals surface area contributed by atoms with E-state index < -0.39 is 5.97 Å². The number of hydrogen-bond donors (Lipinski definition) is 1. The lowest BCUT2D eigenvalue weighted by Crippen LogP contribution is -2.00. The van der Waals surface area contributed by atoms with Crippen LogP contribution in [0.4, 0.5) is 0 Å². The number of aromatic carboxylic acids is 1. The molecule has 0 saturated heterocycles. The van der Waals surface area contributed by atoms with Crippen molar-refractivity contribution in [2.24, 2.45) is 0 Å². The number of halogens is 1. The Bertz CT molecular complexity index is 562. The number of nitrogens with zero attached hydrogens (tertiary/aromatic N) is 3. The molecule has 0 aromatic carbocycles. The summed E-state index contributed by atoms with van der Waals surface area (Å²) in [4.78, 5) is 14.8. The van der Waals surface area contributed by atoms with E-state index in [2.05, 4.69) is 26.0 Å². The van der Waals surface area contributed by atoms with E-state index in [-0.39, 0.29) is 11.6 Å². The molecule has 0 fully saturated rings. The zero-order valence-corrected chi connectivity index (χ0v) is 10.4. The molecule has 5 nitrogen and oxygen atoms in total. The molecule has 2 rings (SSSR count). The molecule has 2 aromatic rings. The highest BCUT2D eigenvalue weighted by Crippen LogP contribution is 2.20. The Morgan fingerprint density at radius 1 is 1.50 bits per heavy atom. The molecule has 0 atom stereocenters. The van der Waals surface area contributed by atoms with E-state index in [9.17, 15) is 4.79 Å². The second kappa shape index (κ2) is 3.86. The van der Waals surface area contributed by atoms with Gasteiger partial charge in [0, 0.05) is 0 Å². The van der Waals surface area contributed by atoms with Crippen molar-refractivity contribution < 1.29 is 9.90 Å². The fourth-order valence-electron chi connectivity index (χ4n) is 1.36. The van der Waals surface area contributed by atoms with Gasteiger partial charge in [0.05, 0.1) is 5.69 Å². The minimum atomic E-state index is -1.07. The predicted octanol–water partition coefficient (Wildman–Crippen LogP) is 2.31. The Morgan fingerprint density at radius 3 is 2.75 bits per heavy atom. The van der Waals surface area contributed by atoms with Crippen LogP contribution in [0.2, 0.25) is 0 Å². The van der Waals surface area contributed by atoms with Crippen LogP contribution in [0.25, 0.3) is 5.65 Å². The topological polar surface area (TPSA) is 67.5 Å². The lowest BCUT2D eigenvalue weighted by atomic mass is 10.1. The van der Waals surface area contributed by atoms with Gasteiger partial charge >= 0.3 is 5.97 Å². The van der Waals surface area contributed by atoms with Gasteiger partial charge in [0.25, 0.3) is 0 Å². The summed E-state index contributed by atoms with van der Waals surface area (Å²) in [6.07, 6.45) is 0. The molecular weight excluding hydrogens is 274 g/mol. The summed E-state index contributed by atoms with van der Waals surface area (Å²) in [6, 6.07) is 3.62. The molecule has 0 aliphatic carbocycles. The van der Waals surface area contributed by atoms with Gasteiger partial charge < -0.3 is 5.11 Å². The van der Waals surface area contributed by atoms with Crippen molar-refractivity contribution in [2.75, 3.05) is 0 Å². The molecule has 0 aliphatic rings. The van der Waals surface area contributed by atoms with Crippen molar-refractivity contribution in [1.29, 1.82) is 0 Å². The highest BCUT2D eigenvalue weighted by Gasteiger charge is 2.17. The first-order chi connectivity index (χ1) is 7.50. The first-order valence-electron chi connectivity index (χ1n) is 4.79. The van der Waals surface area contributed by atoms with Gasteiger partial charge in [0.2, 0.25) is 0 Å². The van der Waals surface area contributed by atoms with Crippen LogP contribution in [0.5, 0.6) is 0 Å². The normalized spacial score (nSPS) is 11.2. The van der Waals surface area contributed by atoms with Crippen LogP contribution in [-0.2, 0) is 0 Å². The van der Waals surface area contributed by atoms with Crippen LogP contribution in [-0.4, -0.2) is 25.7 Å². The second-order valence-electron chi connectivity index (χ2n) is 3.74. The van der Waals surface area contributed by atoms with E-state index in [0.29, 0.717) is 10.3 Å². The average Bonchev–Trinajstić information content (AvgIpc) is 2.56. The number of rotatable bonds is 2. The van der Waals surface area contributed by atoms with Gasteiger partial charge in [-0.3, -0.25) is 0 Å². The van der Waals surface area contributed by atoms with E-state index in [4.69, 9.17) is 5.11 Å². The lowest BCUT2D eigenvalue weighted by Gasteiger charge is -2.03. The molecule has 0 radical (unpaired) electrons. The quantitative estimate of drug-likeness (QED) is 0.918. The fraction of sp³-hybridized carbons (Fsp3) is 0.300. The van der Waals surface area contributed by atoms with Gasteiger partial charge in [0.1, 0.15) is 4.60 Å². The predicted molar refractivity (Wildman–Crippen MR) is 61.7 cm³/mol. The molecule has 2 aromatic heterocycles. The van der Waals surface area contributed by atoms with Crippen molar-refractivity contribution >= 4 is 27.5 Å². The minimum absolute atomic E-state index is 0.0200. The average molecular weight is 284 g/mol. The molecule has 0 unspecified atom stereocenters. The molecule has 2 heterocycles. The number of carboxylic acid groups (broad SMARTS) is 1. The zero-order chi connectivity index (χ0) is 11.9. The third-order valence-corrected chi connectivity index (χ3v) is 2.95. The number of aromatic nitrogens is 3. The number of carbonyl (C=O) groups is 1. The third kappa shape index (κ3) is 1.69. The Balaban J connectivity index is 2.69. The van der Waals surface area contributed by atoms with E-state index >= 15 is 0 Å². The highest BCUT2D eigenvalue weighted by atomic mass is 79.9. The number of hydrogen-bond acceptors (Lipinski definition) is 3. The van der Waals surface area contributed by atoms with Crippen LogP contribution < -0.4 is 0 Å². The summed E-state index contributed by atoms with van der Waals surface area (Å²) in [5.74, 6) is -0.782. The van der Waals surface area contributed by atoms with Gasteiger partial charge in [-0.1, -0.05) is 13.8 Å². The molecule has 0 saturated carbocycles. The Kier molecular flexibility index (Phi) is 2.67. The summed E-state index contributed by atoms with van der Waals surface area (Å²) >= 11 is 3.19. The van der Waals surface area contributed by atoms with Crippen LogP contribution in [0.15, 0.2) is 16.7 Å². The van der Waals surface area contributed by atoms with Crippen LogP contribution in [0.1, 0.15) is 35.9 Å². The summed E-state index contributed by atoms with van der Waals surface area (Å²) in [5, 5.41) is 13.2. The van der Waals surface area contributed by atoms with E-state index in [0.717, 1.165) is 5.69 Å². The van der Waals surface area contributed by atoms with E-state index in [1.807, 2.05) is 19.9 Å². The molecule has 0 spiro atoms. The summed E-state index contributed by atoms with van der Waals surface area (Å²) < 4.78 is 1.87. The zero-order valence-electron chi connectivity index (χ0n) is 8.81. The van der Waals surface area contributed by atoms with Crippen molar-refractivity contribution in [1.82, 2.24) is 14.6 Å². The third-order valence-electron chi connectivity index (χ3n) is 2.24. The van der Waals surface area contributed by atoms with Crippen molar-refractivity contribution in [3.05, 3.63) is 28.1 Å². The largest absolute Gasteiger partial charge is 0.476 e. The fourth-order valence-corrected chi connectivity index (χ4v) is 1.88. The van der Waals surface area contributed by atoms with E-state index in [1.165, 1.54) is 4.52 Å². The maximum Gasteiger partial charge on any atom is 0.357 e. The number of fused-ring (bicyclic) bond motifs is 1. The molecule has 1 N–H and O–H groups in total. The maximum absolute atomic E-state index is 10.9. The van der Waals surface area contributed by atoms with Gasteiger partial charge in [-0.05, 0) is 34.0 Å². The van der Waals surface area contributed by atoms with Crippen LogP contribution in [0.3, 0.4) is 0 Å². The van der Waals surface area contributed by atoms with Gasteiger partial charge in [-0.15, -0.1) is 0 Å². The lowest BCUT2D eigenvalue weighted by molar-refractivity contribution is 0.0690. The van der Waals surface area contributed by atoms with Gasteiger partial charge in [-0.2, -0.15) is 5.10 Å². The second-order valence-corrected chi connectivity index (χ2v) is 4.49. The van der Waals surface area contributed by atoms with Gasteiger partial charge in [0.15, 0.2) is 11.3 Å². The van der Waals surface area contributed by atoms with Crippen LogP contribution >= 0.6 is 15.9 Å². The first-order valence-corrected chi connectivity index (χ1v) is 5.58. The smallest absolute Gasteiger partial charge is 0.357 e. The van der Waals surface area contributed by atoms with Crippen LogP contribution in [0, 0.1) is 0 Å². The minimum Gasteiger partial charge on any atom is -0.476 e. The standard InChI is InChI=1S/C10H10BrN3O2/c1-5(2)6-3-4-7-12-8(10(15)16)9(11)14(7)13-6/h3-5H,1-2H3,(H,15,16). The summed E-state index contributed by atoms with van der Waals surface area (Å²) in [6.45, 7) is 4.05. The first kappa shape index (κ1) is 11.1. The van der Waals surface area contributed by atoms with E-state index in [1.54, 1.807) is 6.07 Å². The molecule has 0 aliphatic heterocycles. The van der Waals surface area contributed by atoms with Crippen molar-refractivity contribution in [3.8, 4) is 0 Å². The highest BCUT2D eigenvalue weighted by molar-refractivity contribution is 9.10. The van der Waals surface area contributed by atoms with Gasteiger partial charge in [-0.25, -0.2) is 14.3 Å². The molecule has 16 heavy (non-hydrogen) atoms. The maximum atomic E-state index is 10.9. The Morgan fingerprint density at radius 2 is 2.19 bits per heavy atom. The van der Waals surface area contributed by atoms with Crippen molar-refractivity contribution in [2.45, 2.75) is 19.8 Å². The summed E-state index contributed by atoms with van der Waals surface area (Å²) in [7, 11) is 0. The summed E-state index contributed by atoms with van der Waals surface area (Å²) in [5.41, 5.74) is 1.39. The monoisotopic (exact) mass is 283 g/mol. The Hall–Kier alpha value is -1.43. The molecule has 84 valence electrons. The van der Waals surface area contributed by atoms with Crippen molar-refractivity contribution in [3.63, 3.8) is 0 Å². The SMILES string of the molecule is CC(C)c1ccc2nc(C(=O)O)c(Br)n2n1. The Labute approximate surface area is 100 Å². The number of imidazole rings is 1. The molecule has 0 bridgehead atoms. The molecule has 6 heteroatoms.